The van der Waals surface area contributed by atoms with Gasteiger partial charge in [0.2, 0.25) is 0 Å². The van der Waals surface area contributed by atoms with Crippen LogP contribution in [0.3, 0.4) is 0 Å². The van der Waals surface area contributed by atoms with Gasteiger partial charge in [0.05, 0.1) is 5.69 Å². The van der Waals surface area contributed by atoms with Gasteiger partial charge in [-0.05, 0) is 19.1 Å². The SMILES string of the molecule is Cc1coc(NC(=O)c2ccccc2)n1. The minimum atomic E-state index is -0.225. The van der Waals surface area contributed by atoms with Gasteiger partial charge in [-0.3, -0.25) is 10.1 Å². The Hall–Kier alpha value is -2.10. The Morgan fingerprint density at radius 3 is 2.67 bits per heavy atom. The minimum Gasteiger partial charge on any atom is -0.432 e. The van der Waals surface area contributed by atoms with Crippen molar-refractivity contribution in [3.05, 3.63) is 47.9 Å². The van der Waals surface area contributed by atoms with E-state index in [2.05, 4.69) is 10.3 Å². The highest BCUT2D eigenvalue weighted by Crippen LogP contribution is 2.08. The van der Waals surface area contributed by atoms with Crippen LogP contribution in [0.5, 0.6) is 0 Å². The highest BCUT2D eigenvalue weighted by Gasteiger charge is 2.07. The van der Waals surface area contributed by atoms with Crippen LogP contribution in [0.2, 0.25) is 0 Å². The molecule has 2 aromatic rings. The summed E-state index contributed by atoms with van der Waals surface area (Å²) >= 11 is 0. The molecule has 0 aliphatic rings. The monoisotopic (exact) mass is 202 g/mol. The van der Waals surface area contributed by atoms with Crippen LogP contribution in [0.1, 0.15) is 16.1 Å². The van der Waals surface area contributed by atoms with E-state index in [0.29, 0.717) is 5.56 Å². The van der Waals surface area contributed by atoms with Crippen LogP contribution >= 0.6 is 0 Å². The van der Waals surface area contributed by atoms with E-state index in [1.54, 1.807) is 31.2 Å². The molecule has 0 unspecified atom stereocenters. The van der Waals surface area contributed by atoms with Crippen LogP contribution < -0.4 is 5.32 Å². The van der Waals surface area contributed by atoms with Crippen LogP contribution in [0.4, 0.5) is 6.01 Å². The number of carbonyl (C=O) groups excluding carboxylic acids is 1. The van der Waals surface area contributed by atoms with Crippen LogP contribution in [0, 0.1) is 6.92 Å². The molecule has 0 atom stereocenters. The molecule has 2 rings (SSSR count). The van der Waals surface area contributed by atoms with Gasteiger partial charge in [0.15, 0.2) is 0 Å². The number of hydrogen-bond donors (Lipinski definition) is 1. The summed E-state index contributed by atoms with van der Waals surface area (Å²) in [5, 5.41) is 2.56. The van der Waals surface area contributed by atoms with E-state index < -0.39 is 0 Å². The summed E-state index contributed by atoms with van der Waals surface area (Å²) in [5.41, 5.74) is 1.31. The van der Waals surface area contributed by atoms with Crippen molar-refractivity contribution in [3.8, 4) is 0 Å². The van der Waals surface area contributed by atoms with Crippen molar-refractivity contribution in [2.75, 3.05) is 5.32 Å². The summed E-state index contributed by atoms with van der Waals surface area (Å²) in [6, 6.07) is 9.13. The highest BCUT2D eigenvalue weighted by molar-refractivity contribution is 6.03. The van der Waals surface area contributed by atoms with Crippen LogP contribution in [-0.2, 0) is 0 Å². The second-order valence-corrected chi connectivity index (χ2v) is 3.11. The number of benzene rings is 1. The maximum atomic E-state index is 11.6. The van der Waals surface area contributed by atoms with Crippen molar-refractivity contribution in [1.82, 2.24) is 4.98 Å². The summed E-state index contributed by atoms with van der Waals surface area (Å²) in [4.78, 5) is 15.6. The second kappa shape index (κ2) is 3.96. The number of oxazole rings is 1. The molecule has 0 spiro atoms. The lowest BCUT2D eigenvalue weighted by Gasteiger charge is -1.99. The molecule has 1 N–H and O–H groups in total. The molecule has 15 heavy (non-hydrogen) atoms. The number of rotatable bonds is 2. The predicted octanol–water partition coefficient (Wildman–Crippen LogP) is 2.24. The first-order chi connectivity index (χ1) is 7.25. The zero-order valence-electron chi connectivity index (χ0n) is 8.23. The third-order valence-corrected chi connectivity index (χ3v) is 1.88. The van der Waals surface area contributed by atoms with Gasteiger partial charge in [-0.2, -0.15) is 4.98 Å². The lowest BCUT2D eigenvalue weighted by atomic mass is 10.2. The third kappa shape index (κ3) is 2.22. The largest absolute Gasteiger partial charge is 0.432 e. The smallest absolute Gasteiger partial charge is 0.301 e. The molecule has 1 heterocycles. The van der Waals surface area contributed by atoms with Crippen molar-refractivity contribution in [2.45, 2.75) is 6.92 Å². The van der Waals surface area contributed by atoms with Crippen LogP contribution in [0.25, 0.3) is 0 Å². The molecule has 0 bridgehead atoms. The fourth-order valence-electron chi connectivity index (χ4n) is 1.17. The zero-order valence-corrected chi connectivity index (χ0v) is 8.23. The predicted molar refractivity (Wildman–Crippen MR) is 55.6 cm³/mol. The number of anilines is 1. The van der Waals surface area contributed by atoms with Gasteiger partial charge in [-0.15, -0.1) is 0 Å². The van der Waals surface area contributed by atoms with Crippen molar-refractivity contribution in [3.63, 3.8) is 0 Å². The third-order valence-electron chi connectivity index (χ3n) is 1.88. The van der Waals surface area contributed by atoms with Gasteiger partial charge >= 0.3 is 6.01 Å². The van der Waals surface area contributed by atoms with Gasteiger partial charge in [-0.1, -0.05) is 18.2 Å². The molecule has 0 saturated carbocycles. The maximum absolute atomic E-state index is 11.6. The maximum Gasteiger partial charge on any atom is 0.301 e. The quantitative estimate of drug-likeness (QED) is 0.812. The number of hydrogen-bond acceptors (Lipinski definition) is 3. The summed E-state index contributed by atoms with van der Waals surface area (Å²) in [6.45, 7) is 1.79. The average molecular weight is 202 g/mol. The fraction of sp³-hybridized carbons (Fsp3) is 0.0909. The van der Waals surface area contributed by atoms with Gasteiger partial charge < -0.3 is 4.42 Å². The van der Waals surface area contributed by atoms with E-state index >= 15 is 0 Å². The zero-order chi connectivity index (χ0) is 10.7. The van der Waals surface area contributed by atoms with Crippen molar-refractivity contribution >= 4 is 11.9 Å². The molecular formula is C11H10N2O2. The van der Waals surface area contributed by atoms with E-state index in [1.807, 2.05) is 6.07 Å². The van der Waals surface area contributed by atoms with Crippen LogP contribution in [0.15, 0.2) is 41.0 Å². The number of nitrogens with one attached hydrogen (secondary N) is 1. The molecule has 0 aliphatic heterocycles. The lowest BCUT2D eigenvalue weighted by molar-refractivity contribution is 0.102. The average Bonchev–Trinajstić information content (AvgIpc) is 2.65. The van der Waals surface area contributed by atoms with E-state index in [-0.39, 0.29) is 11.9 Å². The minimum absolute atomic E-state index is 0.223. The number of carbonyl (C=O) groups is 1. The fourth-order valence-corrected chi connectivity index (χ4v) is 1.17. The summed E-state index contributed by atoms with van der Waals surface area (Å²) in [5.74, 6) is -0.225. The molecule has 0 saturated heterocycles. The van der Waals surface area contributed by atoms with E-state index in [0.717, 1.165) is 5.69 Å². The molecule has 0 radical (unpaired) electrons. The first kappa shape index (κ1) is 9.45. The van der Waals surface area contributed by atoms with Gasteiger partial charge in [0.1, 0.15) is 6.26 Å². The van der Waals surface area contributed by atoms with E-state index in [4.69, 9.17) is 4.42 Å². The standard InChI is InChI=1S/C11H10N2O2/c1-8-7-15-11(12-8)13-10(14)9-5-3-2-4-6-9/h2-7H,1H3,(H,12,13,14). The van der Waals surface area contributed by atoms with Crippen molar-refractivity contribution in [1.29, 1.82) is 0 Å². The summed E-state index contributed by atoms with van der Waals surface area (Å²) in [7, 11) is 0. The topological polar surface area (TPSA) is 55.1 Å². The van der Waals surface area contributed by atoms with Crippen molar-refractivity contribution < 1.29 is 9.21 Å². The number of nitrogens with zero attached hydrogens (tertiary/aromatic N) is 1. The molecule has 4 heteroatoms. The Balaban J connectivity index is 2.11. The normalized spacial score (nSPS) is 9.93. The Morgan fingerprint density at radius 2 is 2.07 bits per heavy atom. The van der Waals surface area contributed by atoms with Crippen molar-refractivity contribution in [2.24, 2.45) is 0 Å². The Morgan fingerprint density at radius 1 is 1.33 bits per heavy atom. The number of aryl methyl sites for hydroxylation is 1. The lowest BCUT2D eigenvalue weighted by Crippen LogP contribution is -2.11. The Kier molecular flexibility index (Phi) is 2.49. The summed E-state index contributed by atoms with van der Waals surface area (Å²) < 4.78 is 5.01. The Labute approximate surface area is 86.9 Å². The second-order valence-electron chi connectivity index (χ2n) is 3.11. The molecule has 76 valence electrons. The first-order valence-corrected chi connectivity index (χ1v) is 4.54. The summed E-state index contributed by atoms with van der Waals surface area (Å²) in [6.07, 6.45) is 1.49. The molecule has 4 nitrogen and oxygen atoms in total. The van der Waals surface area contributed by atoms with E-state index in [1.165, 1.54) is 6.26 Å². The van der Waals surface area contributed by atoms with Gasteiger partial charge in [-0.25, -0.2) is 0 Å². The van der Waals surface area contributed by atoms with Gasteiger partial charge in [0, 0.05) is 5.56 Å². The number of amides is 1. The molecule has 0 fully saturated rings. The molecule has 1 aromatic carbocycles. The molecule has 1 amide bonds. The number of aromatic nitrogens is 1. The Bertz CT molecular complexity index is 462. The molecular weight excluding hydrogens is 192 g/mol. The molecule has 0 aliphatic carbocycles. The van der Waals surface area contributed by atoms with Gasteiger partial charge in [0.25, 0.3) is 5.91 Å². The van der Waals surface area contributed by atoms with E-state index in [9.17, 15) is 4.79 Å². The highest BCUT2D eigenvalue weighted by atomic mass is 16.4. The molecule has 1 aromatic heterocycles. The van der Waals surface area contributed by atoms with Crippen LogP contribution in [-0.4, -0.2) is 10.9 Å². The first-order valence-electron chi connectivity index (χ1n) is 4.54.